The zero-order valence-corrected chi connectivity index (χ0v) is 13.3. The number of carbonyl (C=O) groups is 1. The van der Waals surface area contributed by atoms with Gasteiger partial charge in [-0.3, -0.25) is 4.79 Å². The highest BCUT2D eigenvalue weighted by Gasteiger charge is 2.25. The Morgan fingerprint density at radius 1 is 1.37 bits per heavy atom. The predicted octanol–water partition coefficient (Wildman–Crippen LogP) is 4.42. The van der Waals surface area contributed by atoms with Crippen molar-refractivity contribution in [1.29, 1.82) is 0 Å². The van der Waals surface area contributed by atoms with E-state index in [1.54, 1.807) is 13.8 Å². The highest BCUT2D eigenvalue weighted by Crippen LogP contribution is 2.27. The molecule has 0 unspecified atom stereocenters. The number of ether oxygens (including phenoxy) is 1. The Kier molecular flexibility index (Phi) is 5.85. The van der Waals surface area contributed by atoms with Crippen LogP contribution in [0.3, 0.4) is 0 Å². The van der Waals surface area contributed by atoms with Gasteiger partial charge in [0.1, 0.15) is 5.75 Å². The van der Waals surface area contributed by atoms with Gasteiger partial charge in [-0.1, -0.05) is 6.07 Å². The van der Waals surface area contributed by atoms with E-state index < -0.39 is 11.4 Å². The molecule has 0 aliphatic rings. The van der Waals surface area contributed by atoms with Crippen LogP contribution in [0.5, 0.6) is 5.75 Å². The van der Waals surface area contributed by atoms with E-state index in [4.69, 9.17) is 9.84 Å². The van der Waals surface area contributed by atoms with Crippen LogP contribution in [-0.2, 0) is 4.79 Å². The minimum atomic E-state index is -0.741. The Labute approximate surface area is 123 Å². The lowest BCUT2D eigenvalue weighted by Crippen LogP contribution is -2.23. The van der Waals surface area contributed by atoms with Crippen molar-refractivity contribution in [2.45, 2.75) is 40.0 Å². The molecule has 0 atom stereocenters. The second-order valence-electron chi connectivity index (χ2n) is 5.43. The second kappa shape index (κ2) is 6.94. The van der Waals surface area contributed by atoms with E-state index in [1.807, 2.05) is 25.1 Å². The Morgan fingerprint density at radius 3 is 2.63 bits per heavy atom. The molecule has 1 N–H and O–H groups in total. The van der Waals surface area contributed by atoms with Crippen LogP contribution >= 0.6 is 15.9 Å². The molecular weight excluding hydrogens is 308 g/mol. The third-order valence-electron chi connectivity index (χ3n) is 3.12. The van der Waals surface area contributed by atoms with Crippen molar-refractivity contribution < 1.29 is 14.6 Å². The molecule has 3 nitrogen and oxygen atoms in total. The molecule has 0 aliphatic carbocycles. The zero-order valence-electron chi connectivity index (χ0n) is 11.7. The van der Waals surface area contributed by atoms with Crippen LogP contribution < -0.4 is 4.74 Å². The van der Waals surface area contributed by atoms with Gasteiger partial charge in [0.2, 0.25) is 0 Å². The normalized spacial score (nSPS) is 11.4. The van der Waals surface area contributed by atoms with Gasteiger partial charge in [0.15, 0.2) is 0 Å². The molecule has 0 heterocycles. The van der Waals surface area contributed by atoms with Crippen LogP contribution in [0.25, 0.3) is 0 Å². The Hall–Kier alpha value is -1.03. The molecule has 1 aromatic carbocycles. The maximum absolute atomic E-state index is 10.9. The fraction of sp³-hybridized carbons (Fsp3) is 0.533. The number of hydrogen-bond donors (Lipinski definition) is 1. The van der Waals surface area contributed by atoms with Gasteiger partial charge in [0, 0.05) is 0 Å². The van der Waals surface area contributed by atoms with Crippen molar-refractivity contribution in [2.24, 2.45) is 5.41 Å². The molecular formula is C15H21BrO3. The molecule has 0 fully saturated rings. The first-order valence-corrected chi connectivity index (χ1v) is 7.24. The predicted molar refractivity (Wildman–Crippen MR) is 79.6 cm³/mol. The first-order valence-electron chi connectivity index (χ1n) is 6.45. The average Bonchev–Trinajstić information content (AvgIpc) is 2.31. The van der Waals surface area contributed by atoms with Gasteiger partial charge in [0.05, 0.1) is 16.5 Å². The van der Waals surface area contributed by atoms with E-state index in [2.05, 4.69) is 15.9 Å². The zero-order chi connectivity index (χ0) is 14.5. The monoisotopic (exact) mass is 328 g/mol. The molecule has 0 aliphatic heterocycles. The van der Waals surface area contributed by atoms with Crippen molar-refractivity contribution in [3.8, 4) is 5.75 Å². The summed E-state index contributed by atoms with van der Waals surface area (Å²) in [5, 5.41) is 9.00. The van der Waals surface area contributed by atoms with E-state index in [1.165, 1.54) is 5.56 Å². The fourth-order valence-electron chi connectivity index (χ4n) is 1.68. The maximum atomic E-state index is 10.9. The summed E-state index contributed by atoms with van der Waals surface area (Å²) in [5.41, 5.74) is 0.534. The lowest BCUT2D eigenvalue weighted by Gasteiger charge is -2.18. The minimum absolute atomic E-state index is 0.608. The van der Waals surface area contributed by atoms with E-state index in [-0.39, 0.29) is 0 Å². The highest BCUT2D eigenvalue weighted by molar-refractivity contribution is 9.10. The molecule has 0 spiro atoms. The smallest absolute Gasteiger partial charge is 0.309 e. The van der Waals surface area contributed by atoms with Gasteiger partial charge < -0.3 is 9.84 Å². The number of halogens is 1. The molecule has 1 aromatic rings. The third kappa shape index (κ3) is 5.23. The van der Waals surface area contributed by atoms with Crippen molar-refractivity contribution in [2.75, 3.05) is 6.61 Å². The van der Waals surface area contributed by atoms with Gasteiger partial charge in [-0.25, -0.2) is 0 Å². The standard InChI is InChI=1S/C15H21BrO3/c1-11-6-7-13(12(16)10-11)19-9-5-4-8-15(2,3)14(17)18/h6-7,10H,4-5,8-9H2,1-3H3,(H,17,18). The summed E-state index contributed by atoms with van der Waals surface area (Å²) in [7, 11) is 0. The largest absolute Gasteiger partial charge is 0.492 e. The summed E-state index contributed by atoms with van der Waals surface area (Å²) in [6.45, 7) is 6.15. The topological polar surface area (TPSA) is 46.5 Å². The van der Waals surface area contributed by atoms with E-state index in [9.17, 15) is 4.79 Å². The maximum Gasteiger partial charge on any atom is 0.309 e. The number of carboxylic acid groups (broad SMARTS) is 1. The average molecular weight is 329 g/mol. The van der Waals surface area contributed by atoms with Crippen molar-refractivity contribution in [1.82, 2.24) is 0 Å². The number of benzene rings is 1. The minimum Gasteiger partial charge on any atom is -0.492 e. The fourth-order valence-corrected chi connectivity index (χ4v) is 2.29. The highest BCUT2D eigenvalue weighted by atomic mass is 79.9. The number of aryl methyl sites for hydroxylation is 1. The molecule has 106 valence electrons. The summed E-state index contributed by atoms with van der Waals surface area (Å²) in [6, 6.07) is 5.97. The molecule has 1 rings (SSSR count). The lowest BCUT2D eigenvalue weighted by atomic mass is 9.87. The molecule has 0 radical (unpaired) electrons. The number of unbranched alkanes of at least 4 members (excludes halogenated alkanes) is 1. The van der Waals surface area contributed by atoms with Crippen LogP contribution in [0.1, 0.15) is 38.7 Å². The van der Waals surface area contributed by atoms with Crippen LogP contribution in [0.15, 0.2) is 22.7 Å². The SMILES string of the molecule is Cc1ccc(OCCCCC(C)(C)C(=O)O)c(Br)c1. The molecule has 0 saturated carbocycles. The summed E-state index contributed by atoms with van der Waals surface area (Å²) in [6.07, 6.45) is 2.38. The molecule has 0 amide bonds. The molecule has 19 heavy (non-hydrogen) atoms. The summed E-state index contributed by atoms with van der Waals surface area (Å²) in [4.78, 5) is 10.9. The van der Waals surface area contributed by atoms with Crippen molar-refractivity contribution >= 4 is 21.9 Å². The lowest BCUT2D eigenvalue weighted by molar-refractivity contribution is -0.147. The molecule has 0 aromatic heterocycles. The summed E-state index contributed by atoms with van der Waals surface area (Å²) < 4.78 is 6.63. The van der Waals surface area contributed by atoms with Crippen molar-refractivity contribution in [3.63, 3.8) is 0 Å². The Morgan fingerprint density at radius 2 is 2.05 bits per heavy atom. The van der Waals surface area contributed by atoms with Gasteiger partial charge in [-0.15, -0.1) is 0 Å². The first kappa shape index (κ1) is 16.0. The van der Waals surface area contributed by atoms with Gasteiger partial charge in [0.25, 0.3) is 0 Å². The second-order valence-corrected chi connectivity index (χ2v) is 6.28. The molecule has 0 saturated heterocycles. The summed E-state index contributed by atoms with van der Waals surface area (Å²) >= 11 is 3.46. The van der Waals surface area contributed by atoms with Crippen molar-refractivity contribution in [3.05, 3.63) is 28.2 Å². The quantitative estimate of drug-likeness (QED) is 0.754. The number of aliphatic carboxylic acids is 1. The van der Waals surface area contributed by atoms with Gasteiger partial charge >= 0.3 is 5.97 Å². The van der Waals surface area contributed by atoms with Crippen LogP contribution in [0.2, 0.25) is 0 Å². The third-order valence-corrected chi connectivity index (χ3v) is 3.74. The Balaban J connectivity index is 2.30. The van der Waals surface area contributed by atoms with Crippen LogP contribution in [0.4, 0.5) is 0 Å². The number of rotatable bonds is 7. The van der Waals surface area contributed by atoms with Gasteiger partial charge in [-0.2, -0.15) is 0 Å². The van der Waals surface area contributed by atoms with Crippen LogP contribution in [-0.4, -0.2) is 17.7 Å². The first-order chi connectivity index (χ1) is 8.83. The van der Waals surface area contributed by atoms with E-state index in [0.29, 0.717) is 13.0 Å². The molecule has 4 heteroatoms. The Bertz CT molecular complexity index is 441. The van der Waals surface area contributed by atoms with Crippen LogP contribution in [0, 0.1) is 12.3 Å². The summed E-state index contributed by atoms with van der Waals surface area (Å²) in [5.74, 6) is 0.0952. The van der Waals surface area contributed by atoms with E-state index >= 15 is 0 Å². The van der Waals surface area contributed by atoms with E-state index in [0.717, 1.165) is 23.1 Å². The number of carboxylic acids is 1. The molecule has 0 bridgehead atoms. The van der Waals surface area contributed by atoms with Gasteiger partial charge in [-0.05, 0) is 73.7 Å². The number of hydrogen-bond acceptors (Lipinski definition) is 2.